The van der Waals surface area contributed by atoms with Gasteiger partial charge in [0.05, 0.1) is 18.7 Å². The average molecular weight is 371 g/mol. The zero-order chi connectivity index (χ0) is 19.4. The fourth-order valence-corrected chi connectivity index (χ4v) is 3.18. The van der Waals surface area contributed by atoms with Crippen molar-refractivity contribution in [3.05, 3.63) is 59.4 Å². The van der Waals surface area contributed by atoms with Crippen LogP contribution in [0.4, 0.5) is 4.79 Å². The van der Waals surface area contributed by atoms with E-state index in [-0.39, 0.29) is 5.78 Å². The molecule has 2 heterocycles. The molecule has 0 saturated heterocycles. The van der Waals surface area contributed by atoms with Crippen LogP contribution in [0.5, 0.6) is 0 Å². The molecular weight excluding hydrogens is 350 g/mol. The number of methoxy groups -OCH3 is 1. The van der Waals surface area contributed by atoms with E-state index in [0.717, 1.165) is 5.69 Å². The lowest BCUT2D eigenvalue weighted by Crippen LogP contribution is -2.26. The smallest absolute Gasteiger partial charge is 0.438 e. The number of hydrogen-bond acceptors (Lipinski definition) is 6. The molecule has 27 heavy (non-hydrogen) atoms. The average Bonchev–Trinajstić information content (AvgIpc) is 3.29. The summed E-state index contributed by atoms with van der Waals surface area (Å²) < 4.78 is 16.5. The van der Waals surface area contributed by atoms with E-state index in [2.05, 4.69) is 4.74 Å². The maximum absolute atomic E-state index is 12.7. The van der Waals surface area contributed by atoms with Crippen LogP contribution in [0.1, 0.15) is 47.4 Å². The van der Waals surface area contributed by atoms with Gasteiger partial charge in [0.25, 0.3) is 6.29 Å². The number of carbonyl (C=O) groups excluding carboxylic acids is 3. The molecule has 2 atom stereocenters. The predicted octanol–water partition coefficient (Wildman–Crippen LogP) is 3.27. The Morgan fingerprint density at radius 2 is 1.85 bits per heavy atom. The molecule has 0 spiro atoms. The molecule has 0 radical (unpaired) electrons. The predicted molar refractivity (Wildman–Crippen MR) is 95.3 cm³/mol. The quantitative estimate of drug-likeness (QED) is 0.440. The molecule has 0 aliphatic carbocycles. The number of benzene rings is 1. The Morgan fingerprint density at radius 1 is 1.11 bits per heavy atom. The highest BCUT2D eigenvalue weighted by atomic mass is 16.8. The van der Waals surface area contributed by atoms with Crippen LogP contribution in [0.25, 0.3) is 0 Å². The van der Waals surface area contributed by atoms with Crippen molar-refractivity contribution in [2.45, 2.75) is 38.5 Å². The zero-order valence-electron chi connectivity index (χ0n) is 15.2. The van der Waals surface area contributed by atoms with E-state index in [0.29, 0.717) is 30.6 Å². The third-order valence-corrected chi connectivity index (χ3v) is 4.54. The first-order valence-corrected chi connectivity index (χ1v) is 8.79. The highest BCUT2D eigenvalue weighted by Crippen LogP contribution is 2.32. The van der Waals surface area contributed by atoms with Crippen molar-refractivity contribution in [3.63, 3.8) is 0 Å². The highest BCUT2D eigenvalue weighted by Gasteiger charge is 2.34. The summed E-state index contributed by atoms with van der Waals surface area (Å²) in [4.78, 5) is 36.5. The summed E-state index contributed by atoms with van der Waals surface area (Å²) in [7, 11) is 1.19. The molecular formula is C20H21NO6. The minimum absolute atomic E-state index is 0.0867. The second-order valence-corrected chi connectivity index (χ2v) is 6.18. The standard InChI is InChI=1S/C20H21NO6/c1-3-17(27-20(24)25-2)26-19(23)14-11-12-21-15(14)9-10-16(21)18(22)13-7-5-4-6-8-13/h4-10,14,17H,3,11-12H2,1-2H3. The zero-order valence-corrected chi connectivity index (χ0v) is 15.2. The lowest BCUT2D eigenvalue weighted by molar-refractivity contribution is -0.173. The molecule has 7 nitrogen and oxygen atoms in total. The molecule has 1 aliphatic heterocycles. The second kappa shape index (κ2) is 8.07. The lowest BCUT2D eigenvalue weighted by Gasteiger charge is -2.18. The number of esters is 1. The van der Waals surface area contributed by atoms with Crippen molar-refractivity contribution in [2.24, 2.45) is 0 Å². The number of carbonyl (C=O) groups is 3. The van der Waals surface area contributed by atoms with Gasteiger partial charge in [-0.3, -0.25) is 9.59 Å². The molecule has 1 aromatic carbocycles. The summed E-state index contributed by atoms with van der Waals surface area (Å²) in [5.41, 5.74) is 1.87. The van der Waals surface area contributed by atoms with E-state index in [9.17, 15) is 14.4 Å². The lowest BCUT2D eigenvalue weighted by atomic mass is 10.1. The van der Waals surface area contributed by atoms with E-state index < -0.39 is 24.3 Å². The van der Waals surface area contributed by atoms with Gasteiger partial charge in [-0.2, -0.15) is 0 Å². The summed E-state index contributed by atoms with van der Waals surface area (Å²) in [5, 5.41) is 0. The van der Waals surface area contributed by atoms with Gasteiger partial charge in [-0.1, -0.05) is 37.3 Å². The molecule has 1 aromatic heterocycles. The number of fused-ring (bicyclic) bond motifs is 1. The molecule has 142 valence electrons. The van der Waals surface area contributed by atoms with Crippen LogP contribution in [-0.4, -0.2) is 35.9 Å². The third-order valence-electron chi connectivity index (χ3n) is 4.54. The van der Waals surface area contributed by atoms with Crippen molar-refractivity contribution in [3.8, 4) is 0 Å². The summed E-state index contributed by atoms with van der Waals surface area (Å²) in [6, 6.07) is 12.5. The topological polar surface area (TPSA) is 83.8 Å². The van der Waals surface area contributed by atoms with Crippen molar-refractivity contribution in [1.29, 1.82) is 0 Å². The molecule has 3 rings (SSSR count). The van der Waals surface area contributed by atoms with Crippen LogP contribution in [-0.2, 0) is 25.5 Å². The van der Waals surface area contributed by atoms with Gasteiger partial charge >= 0.3 is 12.1 Å². The SMILES string of the molecule is CCC(OC(=O)OC)OC(=O)C1CCn2c(C(=O)c3ccccc3)ccc21. The maximum atomic E-state index is 12.7. The van der Waals surface area contributed by atoms with Crippen molar-refractivity contribution in [2.75, 3.05) is 7.11 Å². The molecule has 0 N–H and O–H groups in total. The van der Waals surface area contributed by atoms with E-state index in [1.807, 2.05) is 22.8 Å². The Morgan fingerprint density at radius 3 is 2.52 bits per heavy atom. The first-order valence-electron chi connectivity index (χ1n) is 8.79. The van der Waals surface area contributed by atoms with Gasteiger partial charge < -0.3 is 18.8 Å². The van der Waals surface area contributed by atoms with Crippen LogP contribution in [0.15, 0.2) is 42.5 Å². The molecule has 2 aromatic rings. The van der Waals surface area contributed by atoms with Crippen LogP contribution in [0, 0.1) is 0 Å². The van der Waals surface area contributed by atoms with E-state index >= 15 is 0 Å². The summed E-state index contributed by atoms with van der Waals surface area (Å²) >= 11 is 0. The number of ether oxygens (including phenoxy) is 3. The van der Waals surface area contributed by atoms with Crippen LogP contribution in [0.3, 0.4) is 0 Å². The van der Waals surface area contributed by atoms with Gasteiger partial charge in [0.1, 0.15) is 0 Å². The van der Waals surface area contributed by atoms with Crippen molar-refractivity contribution >= 4 is 17.9 Å². The van der Waals surface area contributed by atoms with Crippen LogP contribution < -0.4 is 0 Å². The molecule has 0 amide bonds. The van der Waals surface area contributed by atoms with Gasteiger partial charge in [-0.15, -0.1) is 0 Å². The fourth-order valence-electron chi connectivity index (χ4n) is 3.18. The largest absolute Gasteiger partial charge is 0.511 e. The van der Waals surface area contributed by atoms with Gasteiger partial charge in [0, 0.05) is 24.2 Å². The van der Waals surface area contributed by atoms with E-state index in [4.69, 9.17) is 9.47 Å². The fraction of sp³-hybridized carbons (Fsp3) is 0.350. The van der Waals surface area contributed by atoms with Crippen molar-refractivity contribution in [1.82, 2.24) is 4.57 Å². The normalized spacial score (nSPS) is 16.3. The Hall–Kier alpha value is -3.09. The minimum atomic E-state index is -1.00. The van der Waals surface area contributed by atoms with Crippen molar-refractivity contribution < 1.29 is 28.6 Å². The van der Waals surface area contributed by atoms with E-state index in [1.54, 1.807) is 31.2 Å². The Kier molecular flexibility index (Phi) is 5.59. The number of ketones is 1. The molecule has 7 heteroatoms. The van der Waals surface area contributed by atoms with Gasteiger partial charge in [0.2, 0.25) is 5.78 Å². The molecule has 0 fully saturated rings. The Balaban J connectivity index is 1.74. The Bertz CT molecular complexity index is 841. The first-order chi connectivity index (χ1) is 13.0. The van der Waals surface area contributed by atoms with Gasteiger partial charge in [0.15, 0.2) is 0 Å². The number of hydrogen-bond donors (Lipinski definition) is 0. The molecule has 1 aliphatic rings. The number of nitrogens with zero attached hydrogens (tertiary/aromatic N) is 1. The maximum Gasteiger partial charge on any atom is 0.511 e. The van der Waals surface area contributed by atoms with E-state index in [1.165, 1.54) is 7.11 Å². The molecule has 0 bridgehead atoms. The molecule has 0 saturated carbocycles. The van der Waals surface area contributed by atoms with Crippen LogP contribution in [0.2, 0.25) is 0 Å². The highest BCUT2D eigenvalue weighted by molar-refractivity contribution is 6.08. The summed E-state index contributed by atoms with van der Waals surface area (Å²) in [6.45, 7) is 2.28. The molecule has 2 unspecified atom stereocenters. The third kappa shape index (κ3) is 3.86. The Labute approximate surface area is 156 Å². The monoisotopic (exact) mass is 371 g/mol. The first kappa shape index (κ1) is 18.7. The summed E-state index contributed by atoms with van der Waals surface area (Å²) in [5.74, 6) is -1.07. The van der Waals surface area contributed by atoms with Gasteiger partial charge in [-0.05, 0) is 18.6 Å². The number of aromatic nitrogens is 1. The number of rotatable bonds is 6. The summed E-state index contributed by atoms with van der Waals surface area (Å²) in [6.07, 6.45) is -1.06. The second-order valence-electron chi connectivity index (χ2n) is 6.18. The van der Waals surface area contributed by atoms with Gasteiger partial charge in [-0.25, -0.2) is 4.79 Å². The van der Waals surface area contributed by atoms with Crippen LogP contribution >= 0.6 is 0 Å². The minimum Gasteiger partial charge on any atom is -0.438 e.